The predicted octanol–water partition coefficient (Wildman–Crippen LogP) is 1.54. The number of hydrogen-bond acceptors (Lipinski definition) is 3. The van der Waals surface area contributed by atoms with E-state index in [-0.39, 0.29) is 0 Å². The number of aromatic nitrogens is 2. The van der Waals surface area contributed by atoms with Gasteiger partial charge in [0, 0.05) is 37.9 Å². The van der Waals surface area contributed by atoms with Crippen LogP contribution in [-0.2, 0) is 7.05 Å². The zero-order valence-electron chi connectivity index (χ0n) is 11.1. The van der Waals surface area contributed by atoms with Crippen molar-refractivity contribution < 1.29 is 0 Å². The van der Waals surface area contributed by atoms with E-state index in [9.17, 15) is 0 Å². The number of nitrogens with two attached hydrogens (primary N) is 1. The van der Waals surface area contributed by atoms with Crippen LogP contribution >= 0.6 is 0 Å². The first-order valence-electron chi connectivity index (χ1n) is 6.56. The van der Waals surface area contributed by atoms with Crippen molar-refractivity contribution in [1.29, 1.82) is 0 Å². The van der Waals surface area contributed by atoms with Gasteiger partial charge in [0.15, 0.2) is 0 Å². The van der Waals surface area contributed by atoms with E-state index in [0.717, 1.165) is 12.6 Å². The summed E-state index contributed by atoms with van der Waals surface area (Å²) in [6, 6.07) is 1.07. The largest absolute Gasteiger partial charge is 0.329 e. The van der Waals surface area contributed by atoms with Crippen LogP contribution in [0, 0.1) is 5.92 Å². The molecule has 0 spiro atoms. The Balaban J connectivity index is 2.13. The van der Waals surface area contributed by atoms with Gasteiger partial charge < -0.3 is 5.73 Å². The lowest BCUT2D eigenvalue weighted by Crippen LogP contribution is -2.37. The molecule has 2 N–H and O–H groups in total. The summed E-state index contributed by atoms with van der Waals surface area (Å²) in [5, 5.41) is 4.26. The van der Waals surface area contributed by atoms with Crippen LogP contribution in [-0.4, -0.2) is 33.8 Å². The molecule has 1 aliphatic rings. The highest BCUT2D eigenvalue weighted by molar-refractivity contribution is 5.12. The molecule has 1 fully saturated rings. The fraction of sp³-hybridized carbons (Fsp3) is 0.769. The summed E-state index contributed by atoms with van der Waals surface area (Å²) in [7, 11) is 1.96. The third-order valence-electron chi connectivity index (χ3n) is 3.33. The highest BCUT2D eigenvalue weighted by atomic mass is 15.3. The molecule has 0 aliphatic heterocycles. The Morgan fingerprint density at radius 1 is 1.53 bits per heavy atom. The third kappa shape index (κ3) is 3.07. The topological polar surface area (TPSA) is 47.1 Å². The number of rotatable bonds is 6. The normalized spacial score (nSPS) is 18.0. The summed E-state index contributed by atoms with van der Waals surface area (Å²) in [6.07, 6.45) is 6.69. The molecule has 0 saturated heterocycles. The van der Waals surface area contributed by atoms with Gasteiger partial charge >= 0.3 is 0 Å². The highest BCUT2D eigenvalue weighted by Gasteiger charge is 2.34. The predicted molar refractivity (Wildman–Crippen MR) is 69.6 cm³/mol. The second-order valence-corrected chi connectivity index (χ2v) is 5.52. The minimum atomic E-state index is 0.332. The van der Waals surface area contributed by atoms with Gasteiger partial charge in [-0.25, -0.2) is 0 Å². The quantitative estimate of drug-likeness (QED) is 0.815. The molecule has 1 aromatic rings. The van der Waals surface area contributed by atoms with E-state index in [1.807, 2.05) is 17.9 Å². The Kier molecular flexibility index (Phi) is 3.84. The second kappa shape index (κ2) is 5.19. The van der Waals surface area contributed by atoms with E-state index >= 15 is 0 Å². The van der Waals surface area contributed by atoms with Crippen LogP contribution in [0.3, 0.4) is 0 Å². The van der Waals surface area contributed by atoms with E-state index in [4.69, 9.17) is 5.73 Å². The molecule has 2 rings (SSSR count). The number of aryl methyl sites for hydroxylation is 1. The van der Waals surface area contributed by atoms with E-state index in [1.54, 1.807) is 0 Å². The lowest BCUT2D eigenvalue weighted by atomic mass is 10.1. The molecule has 0 bridgehead atoms. The first kappa shape index (κ1) is 12.6. The van der Waals surface area contributed by atoms with E-state index in [2.05, 4.69) is 30.0 Å². The third-order valence-corrected chi connectivity index (χ3v) is 3.33. The van der Waals surface area contributed by atoms with E-state index in [0.29, 0.717) is 18.5 Å². The molecular weight excluding hydrogens is 212 g/mol. The van der Waals surface area contributed by atoms with Crippen molar-refractivity contribution in [3.05, 3.63) is 18.0 Å². The molecule has 0 radical (unpaired) electrons. The van der Waals surface area contributed by atoms with Crippen LogP contribution in [0.25, 0.3) is 0 Å². The molecule has 4 heteroatoms. The lowest BCUT2D eigenvalue weighted by molar-refractivity contribution is 0.169. The van der Waals surface area contributed by atoms with E-state index in [1.165, 1.54) is 18.4 Å². The second-order valence-electron chi connectivity index (χ2n) is 5.52. The summed E-state index contributed by atoms with van der Waals surface area (Å²) >= 11 is 0. The molecule has 96 valence electrons. The molecule has 1 aliphatic carbocycles. The summed E-state index contributed by atoms with van der Waals surface area (Å²) < 4.78 is 1.86. The van der Waals surface area contributed by atoms with Crippen molar-refractivity contribution in [2.24, 2.45) is 18.7 Å². The molecular formula is C13H24N4. The highest BCUT2D eigenvalue weighted by Crippen LogP contribution is 2.34. The Morgan fingerprint density at radius 2 is 2.24 bits per heavy atom. The molecule has 1 aromatic heterocycles. The van der Waals surface area contributed by atoms with Crippen LogP contribution in [0.4, 0.5) is 0 Å². The number of nitrogens with zero attached hydrogens (tertiary/aromatic N) is 3. The Hall–Kier alpha value is -0.870. The smallest absolute Gasteiger partial charge is 0.0538 e. The fourth-order valence-corrected chi connectivity index (χ4v) is 2.43. The molecule has 1 atom stereocenters. The van der Waals surface area contributed by atoms with Gasteiger partial charge in [-0.2, -0.15) is 5.10 Å². The molecule has 1 unspecified atom stereocenters. The fourth-order valence-electron chi connectivity index (χ4n) is 2.43. The van der Waals surface area contributed by atoms with Gasteiger partial charge in [0.1, 0.15) is 0 Å². The molecule has 17 heavy (non-hydrogen) atoms. The Morgan fingerprint density at radius 3 is 2.65 bits per heavy atom. The first-order valence-corrected chi connectivity index (χ1v) is 6.56. The van der Waals surface area contributed by atoms with Crippen LogP contribution in [0.15, 0.2) is 12.4 Å². The average Bonchev–Trinajstić information content (AvgIpc) is 3.02. The molecule has 1 saturated carbocycles. The molecule has 0 aromatic carbocycles. The minimum absolute atomic E-state index is 0.332. The van der Waals surface area contributed by atoms with Crippen molar-refractivity contribution in [3.8, 4) is 0 Å². The van der Waals surface area contributed by atoms with E-state index < -0.39 is 0 Å². The number of hydrogen-bond donors (Lipinski definition) is 1. The van der Waals surface area contributed by atoms with Crippen molar-refractivity contribution in [3.63, 3.8) is 0 Å². The summed E-state index contributed by atoms with van der Waals surface area (Å²) in [6.45, 7) is 6.34. The van der Waals surface area contributed by atoms with Crippen LogP contribution < -0.4 is 5.73 Å². The van der Waals surface area contributed by atoms with Crippen LogP contribution in [0.2, 0.25) is 0 Å². The summed E-state index contributed by atoms with van der Waals surface area (Å²) in [5.41, 5.74) is 7.23. The van der Waals surface area contributed by atoms with Gasteiger partial charge in [-0.15, -0.1) is 0 Å². The van der Waals surface area contributed by atoms with Crippen molar-refractivity contribution in [2.45, 2.75) is 38.8 Å². The maximum atomic E-state index is 5.98. The van der Waals surface area contributed by atoms with Gasteiger partial charge in [-0.05, 0) is 18.8 Å². The van der Waals surface area contributed by atoms with Gasteiger partial charge in [-0.3, -0.25) is 9.58 Å². The van der Waals surface area contributed by atoms with Crippen LogP contribution in [0.5, 0.6) is 0 Å². The maximum absolute atomic E-state index is 5.98. The SMILES string of the molecule is CC(C)CN(C1CC1)C(CN)c1cnn(C)c1. The molecule has 1 heterocycles. The van der Waals surface area contributed by atoms with Gasteiger partial charge in [0.2, 0.25) is 0 Å². The molecule has 4 nitrogen and oxygen atoms in total. The standard InChI is InChI=1S/C13H24N4/c1-10(2)8-17(12-4-5-12)13(6-14)11-7-15-16(3)9-11/h7,9-10,12-13H,4-6,8,14H2,1-3H3. The summed E-state index contributed by atoms with van der Waals surface area (Å²) in [5.74, 6) is 0.682. The zero-order valence-corrected chi connectivity index (χ0v) is 11.1. The molecule has 0 amide bonds. The first-order chi connectivity index (χ1) is 8.11. The van der Waals surface area contributed by atoms with Gasteiger partial charge in [-0.1, -0.05) is 13.8 Å². The monoisotopic (exact) mass is 236 g/mol. The van der Waals surface area contributed by atoms with Crippen molar-refractivity contribution in [1.82, 2.24) is 14.7 Å². The Bertz CT molecular complexity index is 354. The Labute approximate surface area is 104 Å². The van der Waals surface area contributed by atoms with Gasteiger partial charge in [0.25, 0.3) is 0 Å². The minimum Gasteiger partial charge on any atom is -0.329 e. The van der Waals surface area contributed by atoms with Crippen LogP contribution in [0.1, 0.15) is 38.3 Å². The summed E-state index contributed by atoms with van der Waals surface area (Å²) in [4.78, 5) is 2.57. The van der Waals surface area contributed by atoms with Crippen molar-refractivity contribution in [2.75, 3.05) is 13.1 Å². The van der Waals surface area contributed by atoms with Gasteiger partial charge in [0.05, 0.1) is 12.2 Å². The van der Waals surface area contributed by atoms with Crippen molar-refractivity contribution >= 4 is 0 Å². The lowest BCUT2D eigenvalue weighted by Gasteiger charge is -2.31. The maximum Gasteiger partial charge on any atom is 0.0538 e. The zero-order chi connectivity index (χ0) is 12.4. The average molecular weight is 236 g/mol.